The van der Waals surface area contributed by atoms with Crippen molar-refractivity contribution in [1.29, 1.82) is 0 Å². The van der Waals surface area contributed by atoms with E-state index in [0.717, 1.165) is 16.9 Å². The first-order valence-corrected chi connectivity index (χ1v) is 6.43. The molecule has 2 N–H and O–H groups in total. The third-order valence-electron chi connectivity index (χ3n) is 3.05. The molecule has 3 aromatic rings. The lowest BCUT2D eigenvalue weighted by Crippen LogP contribution is -2.08. The van der Waals surface area contributed by atoms with E-state index in [1.54, 1.807) is 6.20 Å². The van der Waals surface area contributed by atoms with E-state index in [1.165, 1.54) is 0 Å². The van der Waals surface area contributed by atoms with Crippen LogP contribution in [0.5, 0.6) is 0 Å². The van der Waals surface area contributed by atoms with E-state index in [0.29, 0.717) is 5.56 Å². The lowest BCUT2D eigenvalue weighted by Gasteiger charge is -2.08. The first-order chi connectivity index (χ1) is 9.83. The van der Waals surface area contributed by atoms with Crippen LogP contribution < -0.4 is 10.9 Å². The summed E-state index contributed by atoms with van der Waals surface area (Å²) in [6.07, 6.45) is 1.68. The number of nitrogens with one attached hydrogen (secondary N) is 2. The molecular formula is C17H14N2O. The molecule has 1 aromatic heterocycles. The predicted molar refractivity (Wildman–Crippen MR) is 82.2 cm³/mol. The van der Waals surface area contributed by atoms with E-state index in [1.807, 2.05) is 66.7 Å². The van der Waals surface area contributed by atoms with Crippen LogP contribution in [0.15, 0.2) is 77.7 Å². The summed E-state index contributed by atoms with van der Waals surface area (Å²) in [4.78, 5) is 14.7. The molecule has 20 heavy (non-hydrogen) atoms. The topological polar surface area (TPSA) is 44.9 Å². The van der Waals surface area contributed by atoms with Gasteiger partial charge in [-0.15, -0.1) is 0 Å². The molecule has 0 saturated heterocycles. The maximum Gasteiger partial charge on any atom is 0.255 e. The molecule has 3 nitrogen and oxygen atoms in total. The molecule has 0 saturated carbocycles. The molecule has 0 aliphatic carbocycles. The highest BCUT2D eigenvalue weighted by molar-refractivity contribution is 5.69. The summed E-state index contributed by atoms with van der Waals surface area (Å²) in [6, 6.07) is 21.4. The van der Waals surface area contributed by atoms with Crippen LogP contribution in [0.2, 0.25) is 0 Å². The van der Waals surface area contributed by atoms with Crippen LogP contribution in [-0.4, -0.2) is 4.98 Å². The Morgan fingerprint density at radius 1 is 0.800 bits per heavy atom. The minimum absolute atomic E-state index is 0.0881. The highest BCUT2D eigenvalue weighted by atomic mass is 16.1. The quantitative estimate of drug-likeness (QED) is 0.754. The van der Waals surface area contributed by atoms with Crippen LogP contribution >= 0.6 is 0 Å². The average Bonchev–Trinajstić information content (AvgIpc) is 2.51. The lowest BCUT2D eigenvalue weighted by molar-refractivity contribution is 1.24. The van der Waals surface area contributed by atoms with E-state index in [4.69, 9.17) is 0 Å². The van der Waals surface area contributed by atoms with Crippen molar-refractivity contribution in [2.45, 2.75) is 0 Å². The molecule has 0 amide bonds. The summed E-state index contributed by atoms with van der Waals surface area (Å²) in [5.74, 6) is 0. The number of H-pyrrole nitrogens is 1. The van der Waals surface area contributed by atoms with Gasteiger partial charge in [-0.3, -0.25) is 4.79 Å². The summed E-state index contributed by atoms with van der Waals surface area (Å²) in [6.45, 7) is 0. The molecule has 0 atom stereocenters. The van der Waals surface area contributed by atoms with Gasteiger partial charge in [0.15, 0.2) is 0 Å². The second kappa shape index (κ2) is 5.45. The van der Waals surface area contributed by atoms with Gasteiger partial charge in [0.05, 0.1) is 5.69 Å². The number of aromatic nitrogens is 1. The Balaban J connectivity index is 1.97. The number of para-hydroxylation sites is 1. The largest absolute Gasteiger partial charge is 0.354 e. The average molecular weight is 262 g/mol. The number of anilines is 2. The fraction of sp³-hybridized carbons (Fsp3) is 0. The molecule has 0 radical (unpaired) electrons. The van der Waals surface area contributed by atoms with E-state index in [9.17, 15) is 4.79 Å². The van der Waals surface area contributed by atoms with Crippen LogP contribution in [-0.2, 0) is 0 Å². The van der Waals surface area contributed by atoms with Gasteiger partial charge in [0.25, 0.3) is 5.56 Å². The molecule has 0 aliphatic heterocycles. The zero-order valence-electron chi connectivity index (χ0n) is 10.8. The maximum absolute atomic E-state index is 11.9. The third-order valence-corrected chi connectivity index (χ3v) is 3.05. The van der Waals surface area contributed by atoms with Crippen molar-refractivity contribution in [1.82, 2.24) is 4.98 Å². The molecule has 0 spiro atoms. The third kappa shape index (κ3) is 2.62. The molecule has 0 unspecified atom stereocenters. The van der Waals surface area contributed by atoms with E-state index in [2.05, 4.69) is 10.3 Å². The monoisotopic (exact) mass is 262 g/mol. The zero-order chi connectivity index (χ0) is 13.8. The predicted octanol–water partition coefficient (Wildman–Crippen LogP) is 3.79. The highest BCUT2D eigenvalue weighted by Crippen LogP contribution is 2.20. The van der Waals surface area contributed by atoms with Crippen LogP contribution in [0.4, 0.5) is 11.4 Å². The van der Waals surface area contributed by atoms with Crippen molar-refractivity contribution in [3.8, 4) is 11.1 Å². The van der Waals surface area contributed by atoms with Crippen LogP contribution in [0, 0.1) is 0 Å². The molecule has 1 heterocycles. The Kier molecular flexibility index (Phi) is 3.33. The van der Waals surface area contributed by atoms with Gasteiger partial charge in [-0.05, 0) is 23.8 Å². The summed E-state index contributed by atoms with van der Waals surface area (Å²) in [5.41, 5.74) is 3.32. The maximum atomic E-state index is 11.9. The Morgan fingerprint density at radius 3 is 2.15 bits per heavy atom. The number of benzene rings is 2. The Morgan fingerprint density at radius 2 is 1.45 bits per heavy atom. The van der Waals surface area contributed by atoms with Gasteiger partial charge in [0, 0.05) is 17.4 Å². The van der Waals surface area contributed by atoms with Crippen LogP contribution in [0.25, 0.3) is 11.1 Å². The lowest BCUT2D eigenvalue weighted by atomic mass is 10.1. The Hall–Kier alpha value is -2.81. The summed E-state index contributed by atoms with van der Waals surface area (Å²) < 4.78 is 0. The summed E-state index contributed by atoms with van der Waals surface area (Å²) in [5, 5.41) is 3.27. The number of hydrogen-bond acceptors (Lipinski definition) is 2. The van der Waals surface area contributed by atoms with Crippen molar-refractivity contribution in [2.75, 3.05) is 5.32 Å². The van der Waals surface area contributed by atoms with Crippen molar-refractivity contribution in [3.63, 3.8) is 0 Å². The van der Waals surface area contributed by atoms with Gasteiger partial charge >= 0.3 is 0 Å². The Bertz CT molecular complexity index is 749. The first-order valence-electron chi connectivity index (χ1n) is 6.43. The van der Waals surface area contributed by atoms with Gasteiger partial charge < -0.3 is 10.3 Å². The van der Waals surface area contributed by atoms with E-state index >= 15 is 0 Å². The number of rotatable bonds is 3. The molecule has 98 valence electrons. The zero-order valence-corrected chi connectivity index (χ0v) is 10.8. The molecule has 0 fully saturated rings. The fourth-order valence-electron chi connectivity index (χ4n) is 2.08. The standard InChI is InChI=1S/C17H14N2O/c20-17-16(13-7-3-1-4-8-13)11-15(12-18-17)19-14-9-5-2-6-10-14/h1-12,19H,(H,18,20). The van der Waals surface area contributed by atoms with Gasteiger partial charge in [0.1, 0.15) is 0 Å². The van der Waals surface area contributed by atoms with Gasteiger partial charge in [0.2, 0.25) is 0 Å². The van der Waals surface area contributed by atoms with Crippen molar-refractivity contribution in [2.24, 2.45) is 0 Å². The molecule has 0 aliphatic rings. The minimum Gasteiger partial charge on any atom is -0.354 e. The van der Waals surface area contributed by atoms with Gasteiger partial charge in [-0.25, -0.2) is 0 Å². The van der Waals surface area contributed by atoms with E-state index < -0.39 is 0 Å². The highest BCUT2D eigenvalue weighted by Gasteiger charge is 2.04. The van der Waals surface area contributed by atoms with Crippen molar-refractivity contribution in [3.05, 3.63) is 83.3 Å². The molecular weight excluding hydrogens is 248 g/mol. The number of aromatic amines is 1. The first kappa shape index (κ1) is 12.2. The van der Waals surface area contributed by atoms with Gasteiger partial charge in [-0.2, -0.15) is 0 Å². The number of pyridine rings is 1. The number of hydrogen-bond donors (Lipinski definition) is 2. The van der Waals surface area contributed by atoms with Crippen molar-refractivity contribution < 1.29 is 0 Å². The minimum atomic E-state index is -0.0881. The van der Waals surface area contributed by atoms with Crippen LogP contribution in [0.3, 0.4) is 0 Å². The smallest absolute Gasteiger partial charge is 0.255 e. The van der Waals surface area contributed by atoms with Crippen LogP contribution in [0.1, 0.15) is 0 Å². The second-order valence-corrected chi connectivity index (χ2v) is 4.49. The molecule has 2 aromatic carbocycles. The second-order valence-electron chi connectivity index (χ2n) is 4.49. The summed E-state index contributed by atoms with van der Waals surface area (Å²) >= 11 is 0. The molecule has 3 heteroatoms. The van der Waals surface area contributed by atoms with E-state index in [-0.39, 0.29) is 5.56 Å². The SMILES string of the molecule is O=c1[nH]cc(Nc2ccccc2)cc1-c1ccccc1. The fourth-order valence-corrected chi connectivity index (χ4v) is 2.08. The Labute approximate surface area is 116 Å². The molecule has 3 rings (SSSR count). The summed E-state index contributed by atoms with van der Waals surface area (Å²) in [7, 11) is 0. The molecule has 0 bridgehead atoms. The van der Waals surface area contributed by atoms with Gasteiger partial charge in [-0.1, -0.05) is 48.5 Å². The van der Waals surface area contributed by atoms with Crippen molar-refractivity contribution >= 4 is 11.4 Å². The normalized spacial score (nSPS) is 10.2.